The van der Waals surface area contributed by atoms with E-state index in [2.05, 4.69) is 5.73 Å². The van der Waals surface area contributed by atoms with Gasteiger partial charge in [0.05, 0.1) is 13.2 Å². The molecule has 0 amide bonds. The number of hydrogen-bond acceptors (Lipinski definition) is 2. The Kier molecular flexibility index (Phi) is 3.73. The topological polar surface area (TPSA) is 57.1 Å². The summed E-state index contributed by atoms with van der Waals surface area (Å²) >= 11 is 0. The second-order valence-electron chi connectivity index (χ2n) is 2.88. The van der Waals surface area contributed by atoms with Crippen LogP contribution in [0.5, 0.6) is 5.75 Å². The summed E-state index contributed by atoms with van der Waals surface area (Å²) in [5.41, 5.74) is 4.84. The summed E-state index contributed by atoms with van der Waals surface area (Å²) < 4.78 is 5.29. The van der Waals surface area contributed by atoms with Crippen LogP contribution < -0.4 is 10.5 Å². The Morgan fingerprint density at radius 3 is 2.46 bits per heavy atom. The van der Waals surface area contributed by atoms with Gasteiger partial charge in [-0.2, -0.15) is 0 Å². The number of aliphatic hydroxyl groups excluding tert-OH is 1. The maximum Gasteiger partial charge on any atom is 0.133 e. The van der Waals surface area contributed by atoms with Crippen molar-refractivity contribution in [3.63, 3.8) is 0 Å². The lowest BCUT2D eigenvalue weighted by molar-refractivity contribution is -0.432. The summed E-state index contributed by atoms with van der Waals surface area (Å²) in [6, 6.07) is 7.60. The first-order valence-electron chi connectivity index (χ1n) is 4.44. The van der Waals surface area contributed by atoms with Crippen LogP contribution >= 0.6 is 0 Å². The van der Waals surface area contributed by atoms with E-state index in [4.69, 9.17) is 9.84 Å². The minimum atomic E-state index is -0.0457. The summed E-state index contributed by atoms with van der Waals surface area (Å²) in [4.78, 5) is 0. The highest BCUT2D eigenvalue weighted by molar-refractivity contribution is 5.28. The van der Waals surface area contributed by atoms with E-state index in [9.17, 15) is 0 Å². The molecule has 0 spiro atoms. The molecule has 0 saturated heterocycles. The summed E-state index contributed by atoms with van der Waals surface area (Å²) in [6.45, 7) is 2.70. The predicted octanol–water partition coefficient (Wildman–Crippen LogP) is 0.361. The monoisotopic (exact) mass is 182 g/mol. The van der Waals surface area contributed by atoms with Crippen molar-refractivity contribution in [1.29, 1.82) is 0 Å². The molecule has 4 N–H and O–H groups in total. The fraction of sp³-hybridized carbons (Fsp3) is 0.400. The van der Waals surface area contributed by atoms with Crippen molar-refractivity contribution in [1.82, 2.24) is 0 Å². The van der Waals surface area contributed by atoms with Gasteiger partial charge in [-0.25, -0.2) is 0 Å². The molecule has 0 aliphatic rings. The van der Waals surface area contributed by atoms with E-state index in [1.807, 2.05) is 31.2 Å². The highest BCUT2D eigenvalue weighted by atomic mass is 16.5. The van der Waals surface area contributed by atoms with Gasteiger partial charge >= 0.3 is 0 Å². The molecule has 72 valence electrons. The zero-order chi connectivity index (χ0) is 9.68. The molecule has 0 aliphatic carbocycles. The lowest BCUT2D eigenvalue weighted by Crippen LogP contribution is -2.55. The van der Waals surface area contributed by atoms with Crippen molar-refractivity contribution >= 4 is 0 Å². The van der Waals surface area contributed by atoms with E-state index >= 15 is 0 Å². The van der Waals surface area contributed by atoms with Gasteiger partial charge in [-0.3, -0.25) is 0 Å². The number of benzene rings is 1. The third kappa shape index (κ3) is 2.72. The van der Waals surface area contributed by atoms with Crippen molar-refractivity contribution in [2.45, 2.75) is 13.0 Å². The van der Waals surface area contributed by atoms with E-state index in [0.717, 1.165) is 11.3 Å². The van der Waals surface area contributed by atoms with Crippen LogP contribution in [0.1, 0.15) is 18.5 Å². The number of rotatable bonds is 4. The van der Waals surface area contributed by atoms with Crippen LogP contribution in [0.3, 0.4) is 0 Å². The Balaban J connectivity index is 2.69. The molecule has 13 heavy (non-hydrogen) atoms. The van der Waals surface area contributed by atoms with Crippen LogP contribution in [-0.2, 0) is 0 Å². The second kappa shape index (κ2) is 4.84. The van der Waals surface area contributed by atoms with Gasteiger partial charge in [0.15, 0.2) is 0 Å². The molecule has 3 heteroatoms. The molecule has 0 bridgehead atoms. The van der Waals surface area contributed by atoms with Crippen LogP contribution in [0.15, 0.2) is 24.3 Å². The molecule has 3 nitrogen and oxygen atoms in total. The first-order chi connectivity index (χ1) is 6.27. The molecule has 0 heterocycles. The lowest BCUT2D eigenvalue weighted by Gasteiger charge is -2.06. The fourth-order valence-electron chi connectivity index (χ4n) is 1.11. The molecule has 1 aromatic carbocycles. The van der Waals surface area contributed by atoms with Gasteiger partial charge in [0.2, 0.25) is 0 Å². The van der Waals surface area contributed by atoms with Gasteiger partial charge in [-0.1, -0.05) is 0 Å². The van der Waals surface area contributed by atoms with Crippen molar-refractivity contribution in [3.05, 3.63) is 29.8 Å². The third-order valence-electron chi connectivity index (χ3n) is 1.88. The molecule has 0 fully saturated rings. The van der Waals surface area contributed by atoms with Gasteiger partial charge < -0.3 is 15.6 Å². The largest absolute Gasteiger partial charge is 0.494 e. The van der Waals surface area contributed by atoms with Crippen LogP contribution in [0, 0.1) is 0 Å². The summed E-state index contributed by atoms with van der Waals surface area (Å²) in [6.07, 6.45) is 0. The Hall–Kier alpha value is -1.06. The van der Waals surface area contributed by atoms with Gasteiger partial charge in [-0.05, 0) is 31.2 Å². The van der Waals surface area contributed by atoms with Gasteiger partial charge in [0, 0.05) is 5.56 Å². The Morgan fingerprint density at radius 2 is 2.00 bits per heavy atom. The average molecular weight is 182 g/mol. The van der Waals surface area contributed by atoms with Crippen molar-refractivity contribution < 1.29 is 15.6 Å². The van der Waals surface area contributed by atoms with Gasteiger partial charge in [0.1, 0.15) is 11.8 Å². The smallest absolute Gasteiger partial charge is 0.133 e. The molecule has 1 atom stereocenters. The number of hydrogen-bond donors (Lipinski definition) is 2. The third-order valence-corrected chi connectivity index (χ3v) is 1.88. The summed E-state index contributed by atoms with van der Waals surface area (Å²) in [7, 11) is 0. The van der Waals surface area contributed by atoms with E-state index in [-0.39, 0.29) is 12.6 Å². The lowest BCUT2D eigenvalue weighted by atomic mass is 10.1. The SMILES string of the molecule is CCOc1ccc([C@H]([NH3+])CO)cc1. The zero-order valence-electron chi connectivity index (χ0n) is 7.86. The van der Waals surface area contributed by atoms with Crippen molar-refractivity contribution in [3.8, 4) is 5.75 Å². The molecular formula is C10H16NO2+. The molecule has 0 aromatic heterocycles. The highest BCUT2D eigenvalue weighted by Crippen LogP contribution is 2.14. The molecule has 0 saturated carbocycles. The second-order valence-corrected chi connectivity index (χ2v) is 2.88. The molecular weight excluding hydrogens is 166 g/mol. The van der Waals surface area contributed by atoms with E-state index in [1.54, 1.807) is 0 Å². The number of quaternary nitrogens is 1. The van der Waals surface area contributed by atoms with E-state index in [1.165, 1.54) is 0 Å². The maximum atomic E-state index is 8.87. The normalized spacial score (nSPS) is 12.5. The predicted molar refractivity (Wildman–Crippen MR) is 50.3 cm³/mol. The fourth-order valence-corrected chi connectivity index (χ4v) is 1.11. The first-order valence-corrected chi connectivity index (χ1v) is 4.44. The zero-order valence-corrected chi connectivity index (χ0v) is 7.86. The Bertz CT molecular complexity index is 246. The van der Waals surface area contributed by atoms with E-state index < -0.39 is 0 Å². The van der Waals surface area contributed by atoms with Crippen LogP contribution in [0.25, 0.3) is 0 Å². The number of ether oxygens (including phenoxy) is 1. The molecule has 1 aromatic rings. The van der Waals surface area contributed by atoms with Gasteiger partial charge in [0.25, 0.3) is 0 Å². The quantitative estimate of drug-likeness (QED) is 0.706. The first kappa shape index (κ1) is 10.0. The molecule has 0 unspecified atom stereocenters. The summed E-state index contributed by atoms with van der Waals surface area (Å²) in [5.74, 6) is 0.858. The van der Waals surface area contributed by atoms with E-state index in [0.29, 0.717) is 6.61 Å². The molecule has 0 radical (unpaired) electrons. The average Bonchev–Trinajstić information content (AvgIpc) is 2.18. The highest BCUT2D eigenvalue weighted by Gasteiger charge is 2.06. The minimum Gasteiger partial charge on any atom is -0.494 e. The summed E-state index contributed by atoms with van der Waals surface area (Å²) in [5, 5.41) is 8.87. The Labute approximate surface area is 78.1 Å². The standard InChI is InChI=1S/C10H15NO2/c1-2-13-9-5-3-8(4-6-9)10(11)7-12/h3-6,10,12H,2,7,11H2,1H3/p+1/t10-/m1/s1. The minimum absolute atomic E-state index is 0.0457. The maximum absolute atomic E-state index is 8.87. The van der Waals surface area contributed by atoms with Crippen LogP contribution in [-0.4, -0.2) is 18.3 Å². The Morgan fingerprint density at radius 1 is 1.38 bits per heavy atom. The van der Waals surface area contributed by atoms with Crippen molar-refractivity contribution in [2.24, 2.45) is 0 Å². The number of aliphatic hydroxyl groups is 1. The van der Waals surface area contributed by atoms with Crippen LogP contribution in [0.2, 0.25) is 0 Å². The van der Waals surface area contributed by atoms with Crippen molar-refractivity contribution in [2.75, 3.05) is 13.2 Å². The van der Waals surface area contributed by atoms with Crippen LogP contribution in [0.4, 0.5) is 0 Å². The molecule has 0 aliphatic heterocycles. The molecule has 1 rings (SSSR count). The van der Waals surface area contributed by atoms with Gasteiger partial charge in [-0.15, -0.1) is 0 Å².